The standard InChI is InChI=1S/C21H31FN2O6/c1-2-29-19(25)24-8-6-20(26,7-9-24)13-23-10-11-28-15-21(27,14-23)16-30-18-5-3-4-17(22)12-18/h3-5,12,26-27H,2,6-11,13-16H2,1H3/t21-/m1/s1. The minimum absolute atomic E-state index is 0.0536. The molecule has 168 valence electrons. The highest BCUT2D eigenvalue weighted by Gasteiger charge is 2.39. The Bertz CT molecular complexity index is 712. The number of amides is 1. The van der Waals surface area contributed by atoms with Crippen LogP contribution in [-0.4, -0.2) is 96.5 Å². The van der Waals surface area contributed by atoms with E-state index >= 15 is 0 Å². The van der Waals surface area contributed by atoms with Crippen molar-refractivity contribution in [2.75, 3.05) is 59.2 Å². The highest BCUT2D eigenvalue weighted by molar-refractivity contribution is 5.67. The van der Waals surface area contributed by atoms with Crippen LogP contribution >= 0.6 is 0 Å². The van der Waals surface area contributed by atoms with E-state index in [-0.39, 0.29) is 25.9 Å². The lowest BCUT2D eigenvalue weighted by molar-refractivity contribution is -0.0790. The second kappa shape index (κ2) is 9.91. The number of carbonyl (C=O) groups excluding carboxylic acids is 1. The number of aliphatic hydroxyl groups is 2. The van der Waals surface area contributed by atoms with E-state index in [2.05, 4.69) is 0 Å². The summed E-state index contributed by atoms with van der Waals surface area (Å²) < 4.78 is 29.5. The summed E-state index contributed by atoms with van der Waals surface area (Å²) in [6.45, 7) is 4.57. The van der Waals surface area contributed by atoms with Crippen LogP contribution in [0.25, 0.3) is 0 Å². The van der Waals surface area contributed by atoms with E-state index in [0.717, 1.165) is 0 Å². The molecule has 1 atom stereocenters. The van der Waals surface area contributed by atoms with Gasteiger partial charge in [0.1, 0.15) is 23.8 Å². The van der Waals surface area contributed by atoms with Crippen molar-refractivity contribution in [1.82, 2.24) is 9.80 Å². The summed E-state index contributed by atoms with van der Waals surface area (Å²) in [6.07, 6.45) is 0.509. The Labute approximate surface area is 176 Å². The second-order valence-electron chi connectivity index (χ2n) is 8.14. The quantitative estimate of drug-likeness (QED) is 0.707. The molecule has 2 N–H and O–H groups in total. The van der Waals surface area contributed by atoms with E-state index in [4.69, 9.17) is 14.2 Å². The van der Waals surface area contributed by atoms with Gasteiger partial charge in [0, 0.05) is 38.8 Å². The first-order valence-corrected chi connectivity index (χ1v) is 10.4. The van der Waals surface area contributed by atoms with Crippen LogP contribution in [0.15, 0.2) is 24.3 Å². The SMILES string of the molecule is CCOC(=O)N1CCC(O)(CN2CCOC[C@@](O)(COc3cccc(F)c3)C2)CC1. The Balaban J connectivity index is 1.55. The minimum Gasteiger partial charge on any atom is -0.490 e. The number of halogens is 1. The molecular weight excluding hydrogens is 395 g/mol. The van der Waals surface area contributed by atoms with Crippen LogP contribution in [0.2, 0.25) is 0 Å². The van der Waals surface area contributed by atoms with Crippen LogP contribution in [0, 0.1) is 5.82 Å². The molecule has 1 aromatic rings. The van der Waals surface area contributed by atoms with Crippen molar-refractivity contribution in [3.8, 4) is 5.75 Å². The molecule has 0 unspecified atom stereocenters. The zero-order valence-electron chi connectivity index (χ0n) is 17.4. The van der Waals surface area contributed by atoms with Gasteiger partial charge in [-0.2, -0.15) is 0 Å². The fraction of sp³-hybridized carbons (Fsp3) is 0.667. The Morgan fingerprint density at radius 3 is 2.70 bits per heavy atom. The summed E-state index contributed by atoms with van der Waals surface area (Å²) in [5.74, 6) is -0.0706. The third-order valence-electron chi connectivity index (χ3n) is 5.48. The van der Waals surface area contributed by atoms with E-state index in [1.165, 1.54) is 12.1 Å². The molecule has 0 bridgehead atoms. The average Bonchev–Trinajstić information content (AvgIpc) is 2.88. The summed E-state index contributed by atoms with van der Waals surface area (Å²) >= 11 is 0. The molecule has 30 heavy (non-hydrogen) atoms. The zero-order chi connectivity index (χ0) is 21.6. The molecule has 0 saturated carbocycles. The molecule has 0 aliphatic carbocycles. The van der Waals surface area contributed by atoms with Gasteiger partial charge in [0.05, 0.1) is 25.4 Å². The third kappa shape index (κ3) is 6.28. The van der Waals surface area contributed by atoms with Crippen molar-refractivity contribution in [2.24, 2.45) is 0 Å². The van der Waals surface area contributed by atoms with Crippen molar-refractivity contribution in [2.45, 2.75) is 31.0 Å². The maximum absolute atomic E-state index is 13.3. The van der Waals surface area contributed by atoms with Gasteiger partial charge in [-0.05, 0) is 31.9 Å². The van der Waals surface area contributed by atoms with Gasteiger partial charge in [-0.1, -0.05) is 6.07 Å². The molecule has 0 aromatic heterocycles. The van der Waals surface area contributed by atoms with E-state index in [1.54, 1.807) is 24.0 Å². The fourth-order valence-corrected chi connectivity index (χ4v) is 3.89. The zero-order valence-corrected chi connectivity index (χ0v) is 17.4. The van der Waals surface area contributed by atoms with E-state index in [9.17, 15) is 19.4 Å². The number of benzene rings is 1. The predicted molar refractivity (Wildman–Crippen MR) is 107 cm³/mol. The van der Waals surface area contributed by atoms with Crippen molar-refractivity contribution in [1.29, 1.82) is 0 Å². The summed E-state index contributed by atoms with van der Waals surface area (Å²) in [4.78, 5) is 15.4. The van der Waals surface area contributed by atoms with Crippen LogP contribution in [-0.2, 0) is 9.47 Å². The lowest BCUT2D eigenvalue weighted by Crippen LogP contribution is -2.55. The number of β-amino-alcohol motifs (C(OH)–C–C–N with tert-alkyl or cyclic N) is 2. The van der Waals surface area contributed by atoms with Crippen molar-refractivity contribution in [3.63, 3.8) is 0 Å². The molecule has 2 saturated heterocycles. The molecule has 0 radical (unpaired) electrons. The monoisotopic (exact) mass is 426 g/mol. The fourth-order valence-electron chi connectivity index (χ4n) is 3.89. The van der Waals surface area contributed by atoms with Gasteiger partial charge in [0.15, 0.2) is 0 Å². The van der Waals surface area contributed by atoms with Crippen LogP contribution < -0.4 is 4.74 Å². The van der Waals surface area contributed by atoms with Gasteiger partial charge in [-0.15, -0.1) is 0 Å². The normalized spacial score (nSPS) is 24.9. The third-order valence-corrected chi connectivity index (χ3v) is 5.48. The number of nitrogens with zero attached hydrogens (tertiary/aromatic N) is 2. The first kappa shape index (κ1) is 22.7. The highest BCUT2D eigenvalue weighted by Crippen LogP contribution is 2.26. The Morgan fingerprint density at radius 1 is 1.23 bits per heavy atom. The minimum atomic E-state index is -1.29. The Hall–Kier alpha value is -1.94. The first-order chi connectivity index (χ1) is 14.3. The van der Waals surface area contributed by atoms with Crippen LogP contribution in [0.3, 0.4) is 0 Å². The van der Waals surface area contributed by atoms with Gasteiger partial charge in [0.25, 0.3) is 0 Å². The number of likely N-dealkylation sites (tertiary alicyclic amines) is 1. The number of piperidine rings is 1. The number of ether oxygens (including phenoxy) is 3. The highest BCUT2D eigenvalue weighted by atomic mass is 19.1. The maximum Gasteiger partial charge on any atom is 0.409 e. The molecule has 1 amide bonds. The summed E-state index contributed by atoms with van der Waals surface area (Å²) in [7, 11) is 0. The van der Waals surface area contributed by atoms with Gasteiger partial charge in [0.2, 0.25) is 0 Å². The molecule has 9 heteroatoms. The van der Waals surface area contributed by atoms with E-state index in [1.807, 2.05) is 4.90 Å². The maximum atomic E-state index is 13.3. The number of hydrogen-bond donors (Lipinski definition) is 2. The molecule has 0 spiro atoms. The number of carbonyl (C=O) groups is 1. The van der Waals surface area contributed by atoms with Gasteiger partial charge in [-0.25, -0.2) is 9.18 Å². The van der Waals surface area contributed by atoms with Gasteiger partial charge >= 0.3 is 6.09 Å². The molecule has 8 nitrogen and oxygen atoms in total. The van der Waals surface area contributed by atoms with E-state index < -0.39 is 17.0 Å². The van der Waals surface area contributed by atoms with Crippen LogP contribution in [0.1, 0.15) is 19.8 Å². The lowest BCUT2D eigenvalue weighted by Gasteiger charge is -2.41. The Kier molecular flexibility index (Phi) is 7.51. The molecule has 2 aliphatic rings. The molecule has 2 fully saturated rings. The van der Waals surface area contributed by atoms with Gasteiger partial charge < -0.3 is 29.3 Å². The molecule has 3 rings (SSSR count). The first-order valence-electron chi connectivity index (χ1n) is 10.4. The van der Waals surface area contributed by atoms with Crippen molar-refractivity contribution >= 4 is 6.09 Å². The van der Waals surface area contributed by atoms with Gasteiger partial charge in [-0.3, -0.25) is 4.90 Å². The predicted octanol–water partition coefficient (Wildman–Crippen LogP) is 1.25. The summed E-state index contributed by atoms with van der Waals surface area (Å²) in [5, 5.41) is 22.0. The van der Waals surface area contributed by atoms with Crippen molar-refractivity contribution in [3.05, 3.63) is 30.1 Å². The van der Waals surface area contributed by atoms with Crippen LogP contribution in [0.5, 0.6) is 5.75 Å². The molecule has 2 heterocycles. The smallest absolute Gasteiger partial charge is 0.409 e. The van der Waals surface area contributed by atoms with Crippen molar-refractivity contribution < 1.29 is 33.6 Å². The molecular formula is C21H31FN2O6. The number of hydrogen-bond acceptors (Lipinski definition) is 7. The number of rotatable bonds is 6. The Morgan fingerprint density at radius 2 is 2.00 bits per heavy atom. The molecule has 1 aromatic carbocycles. The largest absolute Gasteiger partial charge is 0.490 e. The van der Waals surface area contributed by atoms with E-state index in [0.29, 0.717) is 58.0 Å². The second-order valence-corrected chi connectivity index (χ2v) is 8.14. The average molecular weight is 426 g/mol. The topological polar surface area (TPSA) is 91.7 Å². The lowest BCUT2D eigenvalue weighted by atomic mass is 9.90. The summed E-state index contributed by atoms with van der Waals surface area (Å²) in [5.41, 5.74) is -2.25. The molecule has 2 aliphatic heterocycles. The summed E-state index contributed by atoms with van der Waals surface area (Å²) in [6, 6.07) is 5.76. The van der Waals surface area contributed by atoms with Crippen LogP contribution in [0.4, 0.5) is 9.18 Å².